The van der Waals surface area contributed by atoms with Crippen LogP contribution in [0.5, 0.6) is 0 Å². The van der Waals surface area contributed by atoms with Gasteiger partial charge in [-0.15, -0.1) is 0 Å². The molecule has 0 bridgehead atoms. The second-order valence-electron chi connectivity index (χ2n) is 5.02. The molecule has 1 heterocycles. The van der Waals surface area contributed by atoms with Crippen molar-refractivity contribution >= 4 is 17.3 Å². The van der Waals surface area contributed by atoms with Crippen molar-refractivity contribution in [3.05, 3.63) is 29.3 Å². The Balaban J connectivity index is 2.21. The fourth-order valence-electron chi connectivity index (χ4n) is 2.68. The first kappa shape index (κ1) is 13.7. The van der Waals surface area contributed by atoms with Gasteiger partial charge >= 0.3 is 0 Å². The highest BCUT2D eigenvalue weighted by Crippen LogP contribution is 2.24. The van der Waals surface area contributed by atoms with Gasteiger partial charge in [-0.3, -0.25) is 0 Å². The van der Waals surface area contributed by atoms with Gasteiger partial charge in [0.1, 0.15) is 0 Å². The smallest absolute Gasteiger partial charge is 0.0428 e. The number of hydrogen-bond donors (Lipinski definition) is 1. The zero-order valence-corrected chi connectivity index (χ0v) is 11.7. The van der Waals surface area contributed by atoms with E-state index in [0.29, 0.717) is 6.04 Å². The molecule has 1 aromatic carbocycles. The molecular formula is C14H22ClN3. The molecule has 1 aliphatic rings. The average Bonchev–Trinajstić information content (AvgIpc) is 2.51. The molecule has 2 N–H and O–H groups in total. The normalized spacial score (nSPS) is 21.9. The molecule has 0 radical (unpaired) electrons. The van der Waals surface area contributed by atoms with Gasteiger partial charge in [0.15, 0.2) is 0 Å². The molecule has 1 aliphatic heterocycles. The summed E-state index contributed by atoms with van der Waals surface area (Å²) >= 11 is 6.10. The van der Waals surface area contributed by atoms with E-state index in [1.165, 1.54) is 12.1 Å². The first-order chi connectivity index (χ1) is 8.70. The van der Waals surface area contributed by atoms with Crippen LogP contribution in [0, 0.1) is 0 Å². The summed E-state index contributed by atoms with van der Waals surface area (Å²) in [5, 5.41) is 0.802. The number of hydrogen-bond acceptors (Lipinski definition) is 3. The summed E-state index contributed by atoms with van der Waals surface area (Å²) in [4.78, 5) is 4.85. The second-order valence-corrected chi connectivity index (χ2v) is 5.46. The molecule has 3 nitrogen and oxygen atoms in total. The Morgan fingerprint density at radius 1 is 1.39 bits per heavy atom. The van der Waals surface area contributed by atoms with Crippen LogP contribution in [0.3, 0.4) is 0 Å². The first-order valence-electron chi connectivity index (χ1n) is 6.61. The number of likely N-dealkylation sites (N-methyl/N-ethyl adjacent to an activating group) is 1. The lowest BCUT2D eigenvalue weighted by atomic mass is 10.1. The van der Waals surface area contributed by atoms with E-state index < -0.39 is 0 Å². The van der Waals surface area contributed by atoms with Crippen molar-refractivity contribution in [3.8, 4) is 0 Å². The van der Waals surface area contributed by atoms with Gasteiger partial charge in [0.2, 0.25) is 0 Å². The van der Waals surface area contributed by atoms with Crippen LogP contribution in [0.4, 0.5) is 5.69 Å². The van der Waals surface area contributed by atoms with Gasteiger partial charge in [0.05, 0.1) is 0 Å². The van der Waals surface area contributed by atoms with Gasteiger partial charge in [-0.25, -0.2) is 0 Å². The van der Waals surface area contributed by atoms with Gasteiger partial charge in [-0.1, -0.05) is 17.7 Å². The number of benzene rings is 1. The van der Waals surface area contributed by atoms with Crippen LogP contribution in [0.25, 0.3) is 0 Å². The Labute approximate surface area is 115 Å². The number of nitrogens with two attached hydrogens (primary N) is 1. The zero-order chi connectivity index (χ0) is 13.0. The van der Waals surface area contributed by atoms with E-state index in [2.05, 4.69) is 29.0 Å². The minimum atomic E-state index is 0.487. The summed E-state index contributed by atoms with van der Waals surface area (Å²) in [7, 11) is 2.19. The summed E-state index contributed by atoms with van der Waals surface area (Å²) in [5.41, 5.74) is 6.97. The minimum absolute atomic E-state index is 0.487. The van der Waals surface area contributed by atoms with Gasteiger partial charge in [-0.2, -0.15) is 0 Å². The Hall–Kier alpha value is -0.770. The molecule has 0 aliphatic carbocycles. The predicted molar refractivity (Wildman–Crippen MR) is 78.4 cm³/mol. The van der Waals surface area contributed by atoms with Gasteiger partial charge in [0.25, 0.3) is 0 Å². The molecule has 18 heavy (non-hydrogen) atoms. The van der Waals surface area contributed by atoms with Crippen molar-refractivity contribution in [1.29, 1.82) is 0 Å². The maximum atomic E-state index is 6.10. The summed E-state index contributed by atoms with van der Waals surface area (Å²) in [6.07, 6.45) is 2.21. The van der Waals surface area contributed by atoms with E-state index in [1.54, 1.807) is 0 Å². The highest BCUT2D eigenvalue weighted by Gasteiger charge is 2.23. The number of halogens is 1. The highest BCUT2D eigenvalue weighted by atomic mass is 35.5. The van der Waals surface area contributed by atoms with Crippen molar-refractivity contribution in [2.75, 3.05) is 38.1 Å². The van der Waals surface area contributed by atoms with Crippen molar-refractivity contribution in [2.24, 2.45) is 5.73 Å². The summed E-state index contributed by atoms with van der Waals surface area (Å²) in [6, 6.07) is 8.62. The van der Waals surface area contributed by atoms with Crippen LogP contribution in [0.1, 0.15) is 12.8 Å². The van der Waals surface area contributed by atoms with Gasteiger partial charge in [-0.05, 0) is 51.2 Å². The SMILES string of the molecule is CN1CCCN(c2cccc(Cl)c2)C(CCN)C1. The van der Waals surface area contributed by atoms with Crippen LogP contribution in [0.15, 0.2) is 24.3 Å². The molecule has 0 spiro atoms. The maximum absolute atomic E-state index is 6.10. The van der Waals surface area contributed by atoms with Crippen LogP contribution in [-0.4, -0.2) is 44.2 Å². The lowest BCUT2D eigenvalue weighted by Crippen LogP contribution is -2.41. The third kappa shape index (κ3) is 3.37. The van der Waals surface area contributed by atoms with E-state index in [1.807, 2.05) is 12.1 Å². The largest absolute Gasteiger partial charge is 0.367 e. The average molecular weight is 268 g/mol. The van der Waals surface area contributed by atoms with Crippen LogP contribution in [0.2, 0.25) is 5.02 Å². The molecule has 0 saturated carbocycles. The zero-order valence-electron chi connectivity index (χ0n) is 11.0. The topological polar surface area (TPSA) is 32.5 Å². The lowest BCUT2D eigenvalue weighted by Gasteiger charge is -2.33. The molecule has 1 atom stereocenters. The molecule has 4 heteroatoms. The van der Waals surface area contributed by atoms with Crippen molar-refractivity contribution in [3.63, 3.8) is 0 Å². The lowest BCUT2D eigenvalue weighted by molar-refractivity contribution is 0.326. The maximum Gasteiger partial charge on any atom is 0.0428 e. The summed E-state index contributed by atoms with van der Waals surface area (Å²) in [6.45, 7) is 4.03. The van der Waals surface area contributed by atoms with E-state index in [4.69, 9.17) is 17.3 Å². The number of nitrogens with zero attached hydrogens (tertiary/aromatic N) is 2. The summed E-state index contributed by atoms with van der Waals surface area (Å²) in [5.74, 6) is 0. The van der Waals surface area contributed by atoms with Crippen LogP contribution in [-0.2, 0) is 0 Å². The van der Waals surface area contributed by atoms with Gasteiger partial charge in [0, 0.05) is 29.8 Å². The highest BCUT2D eigenvalue weighted by molar-refractivity contribution is 6.30. The Morgan fingerprint density at radius 2 is 2.22 bits per heavy atom. The number of rotatable bonds is 3. The van der Waals surface area contributed by atoms with Crippen LogP contribution >= 0.6 is 11.6 Å². The van der Waals surface area contributed by atoms with E-state index in [-0.39, 0.29) is 0 Å². The molecule has 100 valence electrons. The second kappa shape index (κ2) is 6.41. The molecule has 0 aromatic heterocycles. The Kier molecular flexibility index (Phi) is 4.87. The molecule has 1 aromatic rings. The van der Waals surface area contributed by atoms with Crippen molar-refractivity contribution < 1.29 is 0 Å². The van der Waals surface area contributed by atoms with Gasteiger partial charge < -0.3 is 15.5 Å². The monoisotopic (exact) mass is 267 g/mol. The number of anilines is 1. The molecule has 1 fully saturated rings. The fraction of sp³-hybridized carbons (Fsp3) is 0.571. The molecule has 1 unspecified atom stereocenters. The summed E-state index contributed by atoms with van der Waals surface area (Å²) < 4.78 is 0. The molecule has 0 amide bonds. The van der Waals surface area contributed by atoms with Crippen LogP contribution < -0.4 is 10.6 Å². The minimum Gasteiger partial charge on any atom is -0.367 e. The third-order valence-corrected chi connectivity index (χ3v) is 3.78. The van der Waals surface area contributed by atoms with E-state index in [0.717, 1.165) is 37.6 Å². The Bertz CT molecular complexity index is 383. The first-order valence-corrected chi connectivity index (χ1v) is 6.99. The van der Waals surface area contributed by atoms with E-state index in [9.17, 15) is 0 Å². The standard InChI is InChI=1S/C14H22ClN3/c1-17-8-3-9-18(14(11-17)6-7-16)13-5-2-4-12(15)10-13/h2,4-5,10,14H,3,6-9,11,16H2,1H3. The molecular weight excluding hydrogens is 246 g/mol. The Morgan fingerprint density at radius 3 is 2.94 bits per heavy atom. The predicted octanol–water partition coefficient (Wildman–Crippen LogP) is 2.20. The van der Waals surface area contributed by atoms with Crippen molar-refractivity contribution in [2.45, 2.75) is 18.9 Å². The molecule has 1 saturated heterocycles. The quantitative estimate of drug-likeness (QED) is 0.911. The fourth-order valence-corrected chi connectivity index (χ4v) is 2.86. The molecule has 2 rings (SSSR count). The van der Waals surface area contributed by atoms with E-state index >= 15 is 0 Å². The third-order valence-electron chi connectivity index (χ3n) is 3.54. The van der Waals surface area contributed by atoms with Crippen molar-refractivity contribution in [1.82, 2.24) is 4.90 Å².